The minimum Gasteiger partial charge on any atom is -0.269 e. The molecule has 52 valence electrons. The molecule has 0 aromatic rings. The van der Waals surface area contributed by atoms with Gasteiger partial charge in [-0.3, -0.25) is 8.12 Å². The molecular weight excluding hydrogens is 344 g/mol. The van der Waals surface area contributed by atoms with Crippen LogP contribution < -0.4 is 0 Å². The molecule has 1 rings (SSSR count). The van der Waals surface area contributed by atoms with Crippen LogP contribution in [0.4, 0.5) is 0 Å². The predicted molar refractivity (Wildman–Crippen MR) is 54.5 cm³/mol. The quantitative estimate of drug-likeness (QED) is 0.286. The summed E-state index contributed by atoms with van der Waals surface area (Å²) in [7, 11) is 1.97. The van der Waals surface area contributed by atoms with Crippen molar-refractivity contribution in [3.63, 3.8) is 0 Å². The van der Waals surface area contributed by atoms with Gasteiger partial charge in [-0.05, 0) is 29.5 Å². The summed E-state index contributed by atoms with van der Waals surface area (Å²) in [6.45, 7) is 2.00. The average Bonchev–Trinajstić information content (AvgIpc) is 1.98. The van der Waals surface area contributed by atoms with E-state index in [9.17, 15) is 0 Å². The number of hydrazone groups is 1. The zero-order chi connectivity index (χ0) is 7.02. The lowest BCUT2D eigenvalue weighted by Gasteiger charge is -2.17. The molecule has 0 aromatic carbocycles. The second-order valence-electron chi connectivity index (χ2n) is 1.84. The van der Waals surface area contributed by atoms with E-state index in [1.807, 2.05) is 19.0 Å². The molecule has 0 saturated carbocycles. The largest absolute Gasteiger partial charge is 0.269 e. The molecule has 1 aliphatic heterocycles. The highest BCUT2D eigenvalue weighted by Gasteiger charge is 2.24. The predicted octanol–water partition coefficient (Wildman–Crippen LogP) is 1.64. The first-order chi connectivity index (χ1) is 4.13. The number of hydrogen-bond acceptors (Lipinski definition) is 3. The van der Waals surface area contributed by atoms with E-state index < -0.39 is 0 Å². The Kier molecular flexibility index (Phi) is 2.41. The highest BCUT2D eigenvalue weighted by molar-refractivity contribution is 14.1. The maximum atomic E-state index is 4.21. The van der Waals surface area contributed by atoms with Gasteiger partial charge in [0.25, 0.3) is 0 Å². The summed E-state index contributed by atoms with van der Waals surface area (Å²) < 4.78 is 2.47. The van der Waals surface area contributed by atoms with E-state index in [1.165, 1.54) is 0 Å². The molecule has 5 heteroatoms. The Balaban J connectivity index is 2.70. The van der Waals surface area contributed by atoms with Gasteiger partial charge in [-0.25, -0.2) is 0 Å². The first-order valence-corrected chi connectivity index (χ1v) is 4.71. The van der Waals surface area contributed by atoms with Crippen LogP contribution in [0.15, 0.2) is 5.10 Å². The van der Waals surface area contributed by atoms with Gasteiger partial charge >= 0.3 is 0 Å². The van der Waals surface area contributed by atoms with Crippen LogP contribution in [0.25, 0.3) is 0 Å². The topological polar surface area (TPSA) is 18.8 Å². The Hall–Kier alpha value is 0.730. The summed E-state index contributed by atoms with van der Waals surface area (Å²) in [5.74, 6) is 1.07. The Morgan fingerprint density at radius 3 is 2.33 bits per heavy atom. The second kappa shape index (κ2) is 2.77. The van der Waals surface area contributed by atoms with Crippen molar-refractivity contribution in [2.45, 2.75) is 11.1 Å². The molecule has 0 amide bonds. The van der Waals surface area contributed by atoms with E-state index in [0.29, 0.717) is 4.17 Å². The maximum Gasteiger partial charge on any atom is 0.179 e. The summed E-state index contributed by atoms with van der Waals surface area (Å²) in [6, 6.07) is 0. The Bertz CT molecular complexity index is 147. The van der Waals surface area contributed by atoms with E-state index >= 15 is 0 Å². The fraction of sp³-hybridized carbons (Fsp3) is 0.750. The Morgan fingerprint density at radius 2 is 2.22 bits per heavy atom. The molecule has 0 aliphatic carbocycles. The zero-order valence-corrected chi connectivity index (χ0v) is 9.49. The van der Waals surface area contributed by atoms with Crippen LogP contribution in [0.5, 0.6) is 0 Å². The lowest BCUT2D eigenvalue weighted by Crippen LogP contribution is -2.26. The van der Waals surface area contributed by atoms with Gasteiger partial charge in [0.05, 0.1) is 22.9 Å². The van der Waals surface area contributed by atoms with E-state index in [4.69, 9.17) is 0 Å². The summed E-state index contributed by atoms with van der Waals surface area (Å²) >= 11 is 4.58. The molecule has 0 radical (unpaired) electrons. The second-order valence-corrected chi connectivity index (χ2v) is 4.00. The minimum absolute atomic E-state index is 0.378. The summed E-state index contributed by atoms with van der Waals surface area (Å²) in [5, 5.41) is 6.14. The average molecular weight is 351 g/mol. The van der Waals surface area contributed by atoms with Crippen molar-refractivity contribution < 1.29 is 0 Å². The monoisotopic (exact) mass is 351 g/mol. The van der Waals surface area contributed by atoms with Gasteiger partial charge in [0.1, 0.15) is 5.84 Å². The van der Waals surface area contributed by atoms with Crippen LogP contribution in [0.2, 0.25) is 0 Å². The van der Waals surface area contributed by atoms with Crippen LogP contribution in [0.3, 0.4) is 0 Å². The minimum atomic E-state index is 0.378. The van der Waals surface area contributed by atoms with Crippen molar-refractivity contribution in [2.24, 2.45) is 5.10 Å². The van der Waals surface area contributed by atoms with Crippen LogP contribution >= 0.6 is 45.5 Å². The number of alkyl halides is 1. The lowest BCUT2D eigenvalue weighted by atomic mass is 10.7. The standard InChI is InChI=1S/C4H7I2N3/c1-3-7-8(2)4(5)9(3)6/h4H,1-2H3. The van der Waals surface area contributed by atoms with Gasteiger partial charge in [0.15, 0.2) is 4.17 Å². The van der Waals surface area contributed by atoms with Crippen LogP contribution in [-0.2, 0) is 0 Å². The Labute approximate surface area is 82.1 Å². The van der Waals surface area contributed by atoms with Crippen molar-refractivity contribution in [1.29, 1.82) is 0 Å². The molecule has 0 saturated heterocycles. The smallest absolute Gasteiger partial charge is 0.179 e. The third-order valence-corrected chi connectivity index (χ3v) is 4.76. The van der Waals surface area contributed by atoms with Crippen molar-refractivity contribution in [3.05, 3.63) is 0 Å². The van der Waals surface area contributed by atoms with Crippen molar-refractivity contribution in [3.8, 4) is 0 Å². The molecule has 0 spiro atoms. The maximum absolute atomic E-state index is 4.21. The third kappa shape index (κ3) is 1.41. The molecule has 3 nitrogen and oxygen atoms in total. The molecular formula is C4H7I2N3. The first kappa shape index (κ1) is 7.83. The molecule has 0 aromatic heterocycles. The molecule has 0 N–H and O–H groups in total. The molecule has 1 atom stereocenters. The van der Waals surface area contributed by atoms with E-state index in [2.05, 4.69) is 53.7 Å². The number of hydrogen-bond donors (Lipinski definition) is 0. The van der Waals surface area contributed by atoms with E-state index in [0.717, 1.165) is 5.84 Å². The summed E-state index contributed by atoms with van der Waals surface area (Å²) in [6.07, 6.45) is 0. The van der Waals surface area contributed by atoms with Crippen LogP contribution in [-0.4, -0.2) is 25.2 Å². The fourth-order valence-electron chi connectivity index (χ4n) is 0.620. The van der Waals surface area contributed by atoms with E-state index in [-0.39, 0.29) is 0 Å². The van der Waals surface area contributed by atoms with Gasteiger partial charge < -0.3 is 0 Å². The van der Waals surface area contributed by atoms with Crippen molar-refractivity contribution in [2.75, 3.05) is 7.05 Å². The van der Waals surface area contributed by atoms with Gasteiger partial charge in [0.2, 0.25) is 0 Å². The molecule has 1 unspecified atom stereocenters. The number of amidine groups is 1. The van der Waals surface area contributed by atoms with Crippen molar-refractivity contribution in [1.82, 2.24) is 8.12 Å². The van der Waals surface area contributed by atoms with E-state index in [1.54, 1.807) is 0 Å². The molecule has 0 bridgehead atoms. The molecule has 1 heterocycles. The molecule has 0 fully saturated rings. The lowest BCUT2D eigenvalue weighted by molar-refractivity contribution is 0.333. The normalized spacial score (nSPS) is 27.1. The van der Waals surface area contributed by atoms with Gasteiger partial charge in [0, 0.05) is 7.05 Å². The zero-order valence-electron chi connectivity index (χ0n) is 5.17. The van der Waals surface area contributed by atoms with Crippen LogP contribution in [0, 0.1) is 0 Å². The SMILES string of the molecule is CC1=NN(C)C(I)N1I. The van der Waals surface area contributed by atoms with Gasteiger partial charge in [-0.15, -0.1) is 0 Å². The fourth-order valence-corrected chi connectivity index (χ4v) is 1.60. The summed E-state index contributed by atoms with van der Waals surface area (Å²) in [4.78, 5) is 0. The Morgan fingerprint density at radius 1 is 1.67 bits per heavy atom. The summed E-state index contributed by atoms with van der Waals surface area (Å²) in [5.41, 5.74) is 0. The van der Waals surface area contributed by atoms with Crippen molar-refractivity contribution >= 4 is 51.3 Å². The van der Waals surface area contributed by atoms with Crippen LogP contribution in [0.1, 0.15) is 6.92 Å². The number of nitrogens with zero attached hydrogens (tertiary/aromatic N) is 3. The molecule has 1 aliphatic rings. The third-order valence-electron chi connectivity index (χ3n) is 1.11. The molecule has 9 heavy (non-hydrogen) atoms. The first-order valence-electron chi connectivity index (χ1n) is 2.50. The van der Waals surface area contributed by atoms with Gasteiger partial charge in [-0.2, -0.15) is 5.10 Å². The number of halogens is 2. The highest BCUT2D eigenvalue weighted by atomic mass is 127. The number of rotatable bonds is 0. The highest BCUT2D eigenvalue weighted by Crippen LogP contribution is 2.23. The van der Waals surface area contributed by atoms with Gasteiger partial charge in [-0.1, -0.05) is 0 Å².